The molecule has 1 heterocycles. The van der Waals surface area contributed by atoms with Gasteiger partial charge in [0.25, 0.3) is 0 Å². The van der Waals surface area contributed by atoms with Crippen LogP contribution in [-0.2, 0) is 0 Å². The highest BCUT2D eigenvalue weighted by atomic mass is 15.4. The molecule has 3 nitrogen and oxygen atoms in total. The van der Waals surface area contributed by atoms with Gasteiger partial charge >= 0.3 is 0 Å². The highest BCUT2D eigenvalue weighted by Gasteiger charge is 2.29. The molecule has 16 heavy (non-hydrogen) atoms. The van der Waals surface area contributed by atoms with Crippen molar-refractivity contribution in [2.45, 2.75) is 32.9 Å². The van der Waals surface area contributed by atoms with Crippen LogP contribution in [0.5, 0.6) is 0 Å². The van der Waals surface area contributed by atoms with E-state index in [9.17, 15) is 0 Å². The van der Waals surface area contributed by atoms with Crippen molar-refractivity contribution in [3.63, 3.8) is 0 Å². The van der Waals surface area contributed by atoms with Gasteiger partial charge in [-0.2, -0.15) is 0 Å². The van der Waals surface area contributed by atoms with E-state index in [1.165, 1.54) is 5.57 Å². The van der Waals surface area contributed by atoms with E-state index in [2.05, 4.69) is 67.0 Å². The third kappa shape index (κ3) is 2.42. The summed E-state index contributed by atoms with van der Waals surface area (Å²) in [5.74, 6) is 1.40. The second kappa shape index (κ2) is 4.66. The van der Waals surface area contributed by atoms with Crippen LogP contribution in [0, 0.1) is 5.92 Å². The zero-order valence-corrected chi connectivity index (χ0v) is 10.1. The lowest BCUT2D eigenvalue weighted by molar-refractivity contribution is 0.601. The van der Waals surface area contributed by atoms with Crippen molar-refractivity contribution < 1.29 is 0 Å². The van der Waals surface area contributed by atoms with E-state index < -0.39 is 0 Å². The maximum Gasteiger partial charge on any atom is 0.120 e. The summed E-state index contributed by atoms with van der Waals surface area (Å²) in [6, 6.07) is 0.579. The van der Waals surface area contributed by atoms with Crippen molar-refractivity contribution in [3.8, 4) is 0 Å². The number of rotatable bonds is 2. The topological polar surface area (TPSA) is 36.4 Å². The fourth-order valence-electron chi connectivity index (χ4n) is 2.10. The Morgan fingerprint density at radius 1 is 1.38 bits per heavy atom. The number of aliphatic imine (C=N–C) groups is 1. The van der Waals surface area contributed by atoms with Gasteiger partial charge in [-0.3, -0.25) is 4.99 Å². The molecule has 0 bridgehead atoms. The van der Waals surface area contributed by atoms with Gasteiger partial charge in [-0.25, -0.2) is 5.43 Å². The van der Waals surface area contributed by atoms with Gasteiger partial charge in [0.1, 0.15) is 5.84 Å². The smallest absolute Gasteiger partial charge is 0.120 e. The van der Waals surface area contributed by atoms with Gasteiger partial charge in [-0.1, -0.05) is 36.0 Å². The molecule has 0 spiro atoms. The quantitative estimate of drug-likeness (QED) is 0.694. The predicted octanol–water partition coefficient (Wildman–Crippen LogP) is 1.96. The average Bonchev–Trinajstić information content (AvgIpc) is 2.61. The van der Waals surface area contributed by atoms with E-state index in [0.29, 0.717) is 12.0 Å². The molecule has 1 aliphatic carbocycles. The average molecular weight is 217 g/mol. The van der Waals surface area contributed by atoms with Gasteiger partial charge in [0.05, 0.1) is 18.0 Å². The molecule has 3 atom stereocenters. The van der Waals surface area contributed by atoms with Gasteiger partial charge in [0.15, 0.2) is 0 Å². The van der Waals surface area contributed by atoms with Gasteiger partial charge in [0, 0.05) is 0 Å². The lowest BCUT2D eigenvalue weighted by Gasteiger charge is -2.13. The van der Waals surface area contributed by atoms with Crippen LogP contribution in [-0.4, -0.2) is 17.9 Å². The number of hydrogen-bond acceptors (Lipinski definition) is 2. The predicted molar refractivity (Wildman–Crippen MR) is 68.2 cm³/mol. The molecule has 2 rings (SSSR count). The minimum Gasteiger partial charge on any atom is -0.308 e. The Bertz CT molecular complexity index is 373. The van der Waals surface area contributed by atoms with Crippen LogP contribution in [0.2, 0.25) is 0 Å². The number of hydrazine groups is 1. The molecule has 2 N–H and O–H groups in total. The summed E-state index contributed by atoms with van der Waals surface area (Å²) in [6.45, 7) is 6.31. The van der Waals surface area contributed by atoms with E-state index in [-0.39, 0.29) is 6.04 Å². The molecule has 0 saturated carbocycles. The molecule has 1 saturated heterocycles. The van der Waals surface area contributed by atoms with Crippen LogP contribution >= 0.6 is 0 Å². The van der Waals surface area contributed by atoms with Gasteiger partial charge < -0.3 is 5.43 Å². The molecule has 3 unspecified atom stereocenters. The maximum atomic E-state index is 4.68. The summed E-state index contributed by atoms with van der Waals surface area (Å²) < 4.78 is 0. The Kier molecular flexibility index (Phi) is 3.25. The Hall–Kier alpha value is -1.35. The molecule has 0 radical (unpaired) electrons. The Balaban J connectivity index is 2.11. The molecule has 1 aliphatic heterocycles. The third-order valence-corrected chi connectivity index (χ3v) is 2.73. The van der Waals surface area contributed by atoms with Gasteiger partial charge in [-0.05, 0) is 20.8 Å². The van der Waals surface area contributed by atoms with Crippen molar-refractivity contribution in [1.82, 2.24) is 10.9 Å². The molecule has 2 aliphatic rings. The first-order valence-corrected chi connectivity index (χ1v) is 5.76. The van der Waals surface area contributed by atoms with E-state index in [0.717, 1.165) is 5.84 Å². The second-order valence-electron chi connectivity index (χ2n) is 4.59. The van der Waals surface area contributed by atoms with E-state index in [1.807, 2.05) is 0 Å². The Morgan fingerprint density at radius 3 is 2.88 bits per heavy atom. The van der Waals surface area contributed by atoms with Crippen molar-refractivity contribution in [2.75, 3.05) is 0 Å². The van der Waals surface area contributed by atoms with Crippen molar-refractivity contribution >= 4 is 5.84 Å². The number of nitrogens with zero attached hydrogens (tertiary/aromatic N) is 1. The van der Waals surface area contributed by atoms with Crippen LogP contribution in [0.1, 0.15) is 20.8 Å². The maximum absolute atomic E-state index is 4.68. The minimum absolute atomic E-state index is 0.229. The second-order valence-corrected chi connectivity index (χ2v) is 4.59. The van der Waals surface area contributed by atoms with Crippen LogP contribution in [0.4, 0.5) is 0 Å². The lowest BCUT2D eigenvalue weighted by Crippen LogP contribution is -2.31. The van der Waals surface area contributed by atoms with Crippen LogP contribution < -0.4 is 10.9 Å². The van der Waals surface area contributed by atoms with E-state index >= 15 is 0 Å². The van der Waals surface area contributed by atoms with E-state index in [4.69, 9.17) is 0 Å². The SMILES string of the molecule is CC(C)=CC(C)N=C1NNC2C=CC=CC12. The zero-order chi connectivity index (χ0) is 11.5. The number of nitrogens with one attached hydrogen (secondary N) is 2. The molecule has 86 valence electrons. The normalized spacial score (nSPS) is 31.1. The molecular formula is C13H19N3. The highest BCUT2D eigenvalue weighted by molar-refractivity contribution is 5.89. The van der Waals surface area contributed by atoms with Crippen molar-refractivity contribution in [1.29, 1.82) is 0 Å². The summed E-state index contributed by atoms with van der Waals surface area (Å²) in [4.78, 5) is 4.68. The molecule has 0 amide bonds. The summed E-state index contributed by atoms with van der Waals surface area (Å²) in [5.41, 5.74) is 7.70. The number of amidine groups is 1. The Labute approximate surface area is 97.0 Å². The van der Waals surface area contributed by atoms with Gasteiger partial charge in [0.2, 0.25) is 0 Å². The van der Waals surface area contributed by atoms with Gasteiger partial charge in [-0.15, -0.1) is 0 Å². The molecule has 0 aromatic rings. The fourth-order valence-corrected chi connectivity index (χ4v) is 2.10. The first-order chi connectivity index (χ1) is 7.66. The lowest BCUT2D eigenvalue weighted by atomic mass is 9.96. The summed E-state index contributed by atoms with van der Waals surface area (Å²) >= 11 is 0. The summed E-state index contributed by atoms with van der Waals surface area (Å²) in [7, 11) is 0. The molecule has 1 fully saturated rings. The first-order valence-electron chi connectivity index (χ1n) is 5.76. The van der Waals surface area contributed by atoms with Crippen LogP contribution in [0.15, 0.2) is 40.9 Å². The summed E-state index contributed by atoms with van der Waals surface area (Å²) in [5, 5.41) is 0. The Morgan fingerprint density at radius 2 is 2.12 bits per heavy atom. The molecule has 3 heteroatoms. The third-order valence-electron chi connectivity index (χ3n) is 2.73. The van der Waals surface area contributed by atoms with Crippen molar-refractivity contribution in [3.05, 3.63) is 36.0 Å². The minimum atomic E-state index is 0.229. The molecular weight excluding hydrogens is 198 g/mol. The standard InChI is InChI=1S/C13H19N3/c1-9(2)8-10(3)14-13-11-6-4-5-7-12(11)15-16-13/h4-8,10-12,15H,1-3H3,(H,14,16). The van der Waals surface area contributed by atoms with E-state index in [1.54, 1.807) is 0 Å². The molecule has 0 aromatic carbocycles. The monoisotopic (exact) mass is 217 g/mol. The van der Waals surface area contributed by atoms with Crippen molar-refractivity contribution in [2.24, 2.45) is 10.9 Å². The molecule has 0 aromatic heterocycles. The van der Waals surface area contributed by atoms with Crippen LogP contribution in [0.25, 0.3) is 0 Å². The first kappa shape index (κ1) is 11.1. The fraction of sp³-hybridized carbons (Fsp3) is 0.462. The highest BCUT2D eigenvalue weighted by Crippen LogP contribution is 2.18. The number of hydrogen-bond donors (Lipinski definition) is 2. The largest absolute Gasteiger partial charge is 0.308 e. The van der Waals surface area contributed by atoms with Crippen LogP contribution in [0.3, 0.4) is 0 Å². The number of allylic oxidation sites excluding steroid dienone is 3. The zero-order valence-electron chi connectivity index (χ0n) is 10.1. The summed E-state index contributed by atoms with van der Waals surface area (Å²) in [6.07, 6.45) is 10.7. The number of fused-ring (bicyclic) bond motifs is 1.